The highest BCUT2D eigenvalue weighted by atomic mass is 32.2. The van der Waals surface area contributed by atoms with Gasteiger partial charge < -0.3 is 4.55 Å². The molecule has 0 rings (SSSR count). The Bertz CT molecular complexity index is 259. The highest BCUT2D eigenvalue weighted by molar-refractivity contribution is 7.85. The van der Waals surface area contributed by atoms with Gasteiger partial charge in [0.25, 0.3) is 0 Å². The van der Waals surface area contributed by atoms with Gasteiger partial charge in [0.15, 0.2) is 0 Å². The lowest BCUT2D eigenvalue weighted by Crippen LogP contribution is -2.06. The van der Waals surface area contributed by atoms with Gasteiger partial charge in [-0.05, 0) is 12.8 Å². The third-order valence-corrected chi connectivity index (χ3v) is 2.64. The lowest BCUT2D eigenvalue weighted by Gasteiger charge is -2.07. The van der Waals surface area contributed by atoms with Gasteiger partial charge in [0, 0.05) is 12.2 Å². The van der Waals surface area contributed by atoms with Gasteiger partial charge in [-0.3, -0.25) is 0 Å². The molecule has 0 aromatic heterocycles. The minimum absolute atomic E-state index is 0.0631. The standard InChI is InChI=1S/C8H15F3O3S/c9-8(10,11)6-4-2-1-3-5-7-15(12,13)14/h1-7H2,(H,12,13,14)/p-1. The molecule has 0 aromatic carbocycles. The fourth-order valence-corrected chi connectivity index (χ4v) is 1.69. The third-order valence-electron chi connectivity index (χ3n) is 1.85. The van der Waals surface area contributed by atoms with E-state index in [-0.39, 0.29) is 12.8 Å². The molecule has 0 saturated carbocycles. The van der Waals surface area contributed by atoms with Crippen molar-refractivity contribution in [3.05, 3.63) is 0 Å². The van der Waals surface area contributed by atoms with E-state index in [4.69, 9.17) is 0 Å². The molecule has 0 fully saturated rings. The minimum Gasteiger partial charge on any atom is -0.748 e. The van der Waals surface area contributed by atoms with Gasteiger partial charge in [0.1, 0.15) is 0 Å². The van der Waals surface area contributed by atoms with Crippen molar-refractivity contribution in [1.82, 2.24) is 0 Å². The Hall–Kier alpha value is -0.300. The van der Waals surface area contributed by atoms with Crippen LogP contribution in [0.15, 0.2) is 0 Å². The molecule has 0 saturated heterocycles. The predicted molar refractivity (Wildman–Crippen MR) is 48.3 cm³/mol. The fraction of sp³-hybridized carbons (Fsp3) is 1.00. The molecule has 3 nitrogen and oxygen atoms in total. The normalized spacial score (nSPS) is 13.1. The van der Waals surface area contributed by atoms with Crippen molar-refractivity contribution >= 4 is 10.1 Å². The highest BCUT2D eigenvalue weighted by Crippen LogP contribution is 2.22. The molecule has 0 aromatic rings. The summed E-state index contributed by atoms with van der Waals surface area (Å²) in [6.07, 6.45) is -3.18. The second-order valence-corrected chi connectivity index (χ2v) is 4.92. The molecular formula is C8H14F3O3S-. The van der Waals surface area contributed by atoms with Gasteiger partial charge in [-0.1, -0.05) is 19.3 Å². The molecule has 15 heavy (non-hydrogen) atoms. The number of rotatable bonds is 7. The van der Waals surface area contributed by atoms with E-state index in [2.05, 4.69) is 0 Å². The van der Waals surface area contributed by atoms with Crippen LogP contribution in [-0.2, 0) is 10.1 Å². The summed E-state index contributed by atoms with van der Waals surface area (Å²) in [6.45, 7) is 0. The first-order valence-electron chi connectivity index (χ1n) is 4.71. The second-order valence-electron chi connectivity index (χ2n) is 3.39. The van der Waals surface area contributed by atoms with Crippen LogP contribution in [0.25, 0.3) is 0 Å². The van der Waals surface area contributed by atoms with Crippen molar-refractivity contribution in [2.24, 2.45) is 0 Å². The first kappa shape index (κ1) is 14.7. The third kappa shape index (κ3) is 13.7. The van der Waals surface area contributed by atoms with Crippen LogP contribution in [0.5, 0.6) is 0 Å². The topological polar surface area (TPSA) is 57.2 Å². The number of halogens is 3. The smallest absolute Gasteiger partial charge is 0.389 e. The van der Waals surface area contributed by atoms with Crippen molar-refractivity contribution in [3.63, 3.8) is 0 Å². The molecule has 0 spiro atoms. The lowest BCUT2D eigenvalue weighted by molar-refractivity contribution is -0.135. The van der Waals surface area contributed by atoms with E-state index in [9.17, 15) is 26.1 Å². The molecule has 92 valence electrons. The highest BCUT2D eigenvalue weighted by Gasteiger charge is 2.25. The maximum atomic E-state index is 11.7. The summed E-state index contributed by atoms with van der Waals surface area (Å²) in [5, 5.41) is 0. The summed E-state index contributed by atoms with van der Waals surface area (Å²) in [6, 6.07) is 0. The molecular weight excluding hydrogens is 233 g/mol. The minimum atomic E-state index is -4.17. The predicted octanol–water partition coefficient (Wildman–Crippen LogP) is 2.43. The zero-order chi connectivity index (χ0) is 11.9. The van der Waals surface area contributed by atoms with Crippen molar-refractivity contribution in [3.8, 4) is 0 Å². The van der Waals surface area contributed by atoms with Crippen LogP contribution in [0.2, 0.25) is 0 Å². The van der Waals surface area contributed by atoms with Gasteiger partial charge in [-0.2, -0.15) is 13.2 Å². The molecule has 0 aliphatic heterocycles. The summed E-state index contributed by atoms with van der Waals surface area (Å²) in [5.74, 6) is -0.424. The van der Waals surface area contributed by atoms with Gasteiger partial charge in [-0.15, -0.1) is 0 Å². The number of unbranched alkanes of at least 4 members (excludes halogenated alkanes) is 4. The fourth-order valence-electron chi connectivity index (χ4n) is 1.13. The largest absolute Gasteiger partial charge is 0.748 e. The van der Waals surface area contributed by atoms with E-state index >= 15 is 0 Å². The molecule has 0 atom stereocenters. The molecule has 0 heterocycles. The first-order chi connectivity index (χ1) is 6.71. The molecule has 0 aliphatic carbocycles. The van der Waals surface area contributed by atoms with E-state index in [1.165, 1.54) is 0 Å². The molecule has 0 N–H and O–H groups in total. The van der Waals surface area contributed by atoms with Crippen LogP contribution in [-0.4, -0.2) is 24.9 Å². The van der Waals surface area contributed by atoms with Gasteiger partial charge in [0.2, 0.25) is 0 Å². The maximum Gasteiger partial charge on any atom is 0.389 e. The number of alkyl halides is 3. The van der Waals surface area contributed by atoms with Crippen molar-refractivity contribution in [2.45, 2.75) is 44.7 Å². The van der Waals surface area contributed by atoms with E-state index in [1.807, 2.05) is 0 Å². The van der Waals surface area contributed by atoms with Crippen LogP contribution >= 0.6 is 0 Å². The van der Waals surface area contributed by atoms with Crippen LogP contribution in [0.1, 0.15) is 38.5 Å². The molecule has 0 unspecified atom stereocenters. The van der Waals surface area contributed by atoms with E-state index in [0.29, 0.717) is 19.3 Å². The first-order valence-corrected chi connectivity index (χ1v) is 6.29. The number of hydrogen-bond acceptors (Lipinski definition) is 3. The molecule has 0 amide bonds. The Morgan fingerprint density at radius 1 is 0.933 bits per heavy atom. The Kier molecular flexibility index (Phi) is 6.19. The summed E-state index contributed by atoms with van der Waals surface area (Å²) < 4.78 is 65.4. The van der Waals surface area contributed by atoms with E-state index in [0.717, 1.165) is 0 Å². The zero-order valence-corrected chi connectivity index (χ0v) is 9.03. The summed E-state index contributed by atoms with van der Waals surface area (Å²) in [4.78, 5) is 0. The molecule has 0 bridgehead atoms. The van der Waals surface area contributed by atoms with Crippen LogP contribution in [0, 0.1) is 0 Å². The van der Waals surface area contributed by atoms with E-state index < -0.39 is 28.5 Å². The Morgan fingerprint density at radius 3 is 1.87 bits per heavy atom. The Balaban J connectivity index is 3.27. The number of hydrogen-bond donors (Lipinski definition) is 0. The Morgan fingerprint density at radius 2 is 1.40 bits per heavy atom. The van der Waals surface area contributed by atoms with Gasteiger partial charge >= 0.3 is 6.18 Å². The summed E-state index contributed by atoms with van der Waals surface area (Å²) >= 11 is 0. The van der Waals surface area contributed by atoms with Crippen molar-refractivity contribution in [2.75, 3.05) is 5.75 Å². The maximum absolute atomic E-state index is 11.7. The molecule has 7 heteroatoms. The van der Waals surface area contributed by atoms with Crippen molar-refractivity contribution < 1.29 is 26.1 Å². The monoisotopic (exact) mass is 247 g/mol. The summed E-state index contributed by atoms with van der Waals surface area (Å²) in [7, 11) is -4.17. The Labute approximate surface area is 87.4 Å². The second kappa shape index (κ2) is 6.32. The zero-order valence-electron chi connectivity index (χ0n) is 8.22. The SMILES string of the molecule is O=S(=O)([O-])CCCCCCCC(F)(F)F. The van der Waals surface area contributed by atoms with Gasteiger partial charge in [-0.25, -0.2) is 8.42 Å². The van der Waals surface area contributed by atoms with Crippen LogP contribution < -0.4 is 0 Å². The van der Waals surface area contributed by atoms with E-state index in [1.54, 1.807) is 0 Å². The van der Waals surface area contributed by atoms with Crippen molar-refractivity contribution in [1.29, 1.82) is 0 Å². The summed E-state index contributed by atoms with van der Waals surface area (Å²) in [5.41, 5.74) is 0. The average Bonchev–Trinajstić information content (AvgIpc) is 1.98. The van der Waals surface area contributed by atoms with Crippen LogP contribution in [0.3, 0.4) is 0 Å². The quantitative estimate of drug-likeness (QED) is 0.513. The van der Waals surface area contributed by atoms with Gasteiger partial charge in [0.05, 0.1) is 10.1 Å². The molecule has 0 aliphatic rings. The lowest BCUT2D eigenvalue weighted by atomic mass is 10.1. The van der Waals surface area contributed by atoms with Crippen LogP contribution in [0.4, 0.5) is 13.2 Å². The molecule has 0 radical (unpaired) electrons. The average molecular weight is 247 g/mol.